The Hall–Kier alpha value is -1.32. The molecule has 1 unspecified atom stereocenters. The van der Waals surface area contributed by atoms with Crippen LogP contribution in [-0.4, -0.2) is 29.5 Å². The highest BCUT2D eigenvalue weighted by Crippen LogP contribution is 2.18. The first-order valence-corrected chi connectivity index (χ1v) is 6.77. The molecule has 0 radical (unpaired) electrons. The molecule has 0 aliphatic rings. The number of aliphatic hydroxyl groups is 2. The van der Waals surface area contributed by atoms with E-state index in [9.17, 15) is 0 Å². The summed E-state index contributed by atoms with van der Waals surface area (Å²) in [4.78, 5) is 0. The third-order valence-electron chi connectivity index (χ3n) is 2.95. The molecule has 0 aromatic heterocycles. The smallest absolute Gasteiger partial charge is 0.122 e. The van der Waals surface area contributed by atoms with Crippen molar-refractivity contribution in [1.29, 1.82) is 0 Å². The lowest BCUT2D eigenvalue weighted by Gasteiger charge is -2.07. The average Bonchev–Trinajstić information content (AvgIpc) is 2.39. The lowest BCUT2D eigenvalue weighted by Crippen LogP contribution is -2.10. The second kappa shape index (κ2) is 8.73. The Kier molecular flexibility index (Phi) is 7.23. The van der Waals surface area contributed by atoms with Gasteiger partial charge < -0.3 is 14.9 Å². The monoisotopic (exact) mass is 264 g/mol. The van der Waals surface area contributed by atoms with Gasteiger partial charge in [-0.15, -0.1) is 0 Å². The number of rotatable bonds is 8. The van der Waals surface area contributed by atoms with Crippen LogP contribution in [0.1, 0.15) is 30.4 Å². The topological polar surface area (TPSA) is 49.7 Å². The van der Waals surface area contributed by atoms with Gasteiger partial charge in [-0.1, -0.05) is 29.8 Å². The highest BCUT2D eigenvalue weighted by atomic mass is 16.5. The van der Waals surface area contributed by atoms with Crippen LogP contribution in [0.2, 0.25) is 0 Å². The zero-order chi connectivity index (χ0) is 14.1. The maximum absolute atomic E-state index is 9.16. The van der Waals surface area contributed by atoms with E-state index >= 15 is 0 Å². The van der Waals surface area contributed by atoms with E-state index in [4.69, 9.17) is 14.9 Å². The van der Waals surface area contributed by atoms with Gasteiger partial charge in [-0.05, 0) is 44.7 Å². The molecule has 2 N–H and O–H groups in total. The van der Waals surface area contributed by atoms with E-state index < -0.39 is 6.10 Å². The number of allylic oxidation sites excluding steroid dienone is 1. The lowest BCUT2D eigenvalue weighted by atomic mass is 10.1. The fraction of sp³-hybridized carbons (Fsp3) is 0.500. The highest BCUT2D eigenvalue weighted by molar-refractivity contribution is 5.35. The molecule has 0 heterocycles. The molecule has 106 valence electrons. The summed E-state index contributed by atoms with van der Waals surface area (Å²) in [5, 5.41) is 17.8. The Bertz CT molecular complexity index is 399. The maximum atomic E-state index is 9.16. The van der Waals surface area contributed by atoms with Crippen molar-refractivity contribution in [1.82, 2.24) is 0 Å². The largest absolute Gasteiger partial charge is 0.489 e. The SMILES string of the molecule is Cc1ccc(OC/C=C\CCCC(O)CO)c(C)c1. The van der Waals surface area contributed by atoms with E-state index in [0.717, 1.165) is 24.2 Å². The number of aryl methyl sites for hydroxylation is 2. The van der Waals surface area contributed by atoms with Gasteiger partial charge in [0.25, 0.3) is 0 Å². The van der Waals surface area contributed by atoms with E-state index in [0.29, 0.717) is 13.0 Å². The van der Waals surface area contributed by atoms with Crippen molar-refractivity contribution >= 4 is 0 Å². The molecule has 3 heteroatoms. The number of ether oxygens (including phenoxy) is 1. The predicted octanol–water partition coefficient (Wildman–Crippen LogP) is 2.76. The highest BCUT2D eigenvalue weighted by Gasteiger charge is 1.99. The van der Waals surface area contributed by atoms with E-state index in [1.807, 2.05) is 31.2 Å². The summed E-state index contributed by atoms with van der Waals surface area (Å²) in [6.45, 7) is 4.52. The summed E-state index contributed by atoms with van der Waals surface area (Å²) in [5.41, 5.74) is 2.39. The molecule has 19 heavy (non-hydrogen) atoms. The Morgan fingerprint density at radius 3 is 2.74 bits per heavy atom. The van der Waals surface area contributed by atoms with Gasteiger partial charge in [0.05, 0.1) is 12.7 Å². The van der Waals surface area contributed by atoms with Gasteiger partial charge >= 0.3 is 0 Å². The third kappa shape index (κ3) is 6.41. The van der Waals surface area contributed by atoms with Crippen molar-refractivity contribution in [3.8, 4) is 5.75 Å². The molecule has 1 atom stereocenters. The van der Waals surface area contributed by atoms with Crippen molar-refractivity contribution in [3.05, 3.63) is 41.5 Å². The van der Waals surface area contributed by atoms with Gasteiger partial charge in [0.1, 0.15) is 12.4 Å². The van der Waals surface area contributed by atoms with Crippen molar-refractivity contribution < 1.29 is 14.9 Å². The number of benzene rings is 1. The Morgan fingerprint density at radius 1 is 1.26 bits per heavy atom. The second-order valence-corrected chi connectivity index (χ2v) is 4.82. The molecule has 0 aliphatic heterocycles. The molecular formula is C16H24O3. The van der Waals surface area contributed by atoms with Gasteiger partial charge in [-0.3, -0.25) is 0 Å². The normalized spacial score (nSPS) is 12.8. The van der Waals surface area contributed by atoms with E-state index in [2.05, 4.69) is 13.0 Å². The molecule has 1 aromatic rings. The predicted molar refractivity (Wildman–Crippen MR) is 77.5 cm³/mol. The number of aliphatic hydroxyl groups excluding tert-OH is 2. The van der Waals surface area contributed by atoms with Crippen LogP contribution >= 0.6 is 0 Å². The molecule has 0 saturated carbocycles. The van der Waals surface area contributed by atoms with E-state index in [1.54, 1.807) is 0 Å². The number of unbranched alkanes of at least 4 members (excludes halogenated alkanes) is 1. The average molecular weight is 264 g/mol. The molecule has 1 aromatic carbocycles. The van der Waals surface area contributed by atoms with Crippen molar-refractivity contribution in [2.24, 2.45) is 0 Å². The first kappa shape index (κ1) is 15.7. The van der Waals surface area contributed by atoms with Crippen molar-refractivity contribution in [2.75, 3.05) is 13.2 Å². The molecular weight excluding hydrogens is 240 g/mol. The summed E-state index contributed by atoms with van der Waals surface area (Å²) in [5.74, 6) is 0.922. The quantitative estimate of drug-likeness (QED) is 0.560. The molecule has 0 fully saturated rings. The minimum atomic E-state index is -0.583. The number of hydrogen-bond acceptors (Lipinski definition) is 3. The molecule has 0 spiro atoms. The molecule has 0 amide bonds. The first-order chi connectivity index (χ1) is 9.13. The van der Waals surface area contributed by atoms with Gasteiger partial charge in [-0.25, -0.2) is 0 Å². The van der Waals surface area contributed by atoms with E-state index in [-0.39, 0.29) is 6.61 Å². The van der Waals surface area contributed by atoms with Crippen LogP contribution in [-0.2, 0) is 0 Å². The van der Waals surface area contributed by atoms with Gasteiger partial charge in [0.2, 0.25) is 0 Å². The van der Waals surface area contributed by atoms with Crippen LogP contribution in [0.4, 0.5) is 0 Å². The fourth-order valence-electron chi connectivity index (χ4n) is 1.85. The van der Waals surface area contributed by atoms with Crippen LogP contribution in [0.15, 0.2) is 30.4 Å². The Morgan fingerprint density at radius 2 is 2.05 bits per heavy atom. The molecule has 0 aliphatic carbocycles. The summed E-state index contributed by atoms with van der Waals surface area (Å²) in [6, 6.07) is 6.15. The summed E-state index contributed by atoms with van der Waals surface area (Å²) in [6.07, 6.45) is 5.87. The van der Waals surface area contributed by atoms with Crippen LogP contribution in [0.5, 0.6) is 5.75 Å². The second-order valence-electron chi connectivity index (χ2n) is 4.82. The number of hydrogen-bond donors (Lipinski definition) is 2. The summed E-state index contributed by atoms with van der Waals surface area (Å²) < 4.78 is 5.66. The minimum Gasteiger partial charge on any atom is -0.489 e. The Labute approximate surface area is 115 Å². The lowest BCUT2D eigenvalue weighted by molar-refractivity contribution is 0.0868. The first-order valence-electron chi connectivity index (χ1n) is 6.77. The zero-order valence-corrected chi connectivity index (χ0v) is 11.8. The van der Waals surface area contributed by atoms with Crippen LogP contribution in [0, 0.1) is 13.8 Å². The van der Waals surface area contributed by atoms with Gasteiger partial charge in [0, 0.05) is 0 Å². The molecule has 0 bridgehead atoms. The maximum Gasteiger partial charge on any atom is 0.122 e. The third-order valence-corrected chi connectivity index (χ3v) is 2.95. The van der Waals surface area contributed by atoms with Gasteiger partial charge in [-0.2, -0.15) is 0 Å². The van der Waals surface area contributed by atoms with E-state index in [1.165, 1.54) is 5.56 Å². The standard InChI is InChI=1S/C16H24O3/c1-13-8-9-16(14(2)11-13)19-10-6-4-3-5-7-15(18)12-17/h4,6,8-9,11,15,17-18H,3,5,7,10,12H2,1-2H3/b6-4-. The molecule has 3 nitrogen and oxygen atoms in total. The van der Waals surface area contributed by atoms with Gasteiger partial charge in [0.15, 0.2) is 0 Å². The Balaban J connectivity index is 2.19. The van der Waals surface area contributed by atoms with Crippen molar-refractivity contribution in [3.63, 3.8) is 0 Å². The van der Waals surface area contributed by atoms with Crippen LogP contribution < -0.4 is 4.74 Å². The van der Waals surface area contributed by atoms with Crippen molar-refractivity contribution in [2.45, 2.75) is 39.2 Å². The zero-order valence-electron chi connectivity index (χ0n) is 11.8. The fourth-order valence-corrected chi connectivity index (χ4v) is 1.85. The molecule has 0 saturated heterocycles. The molecule has 1 rings (SSSR count). The minimum absolute atomic E-state index is 0.153. The van der Waals surface area contributed by atoms with Crippen LogP contribution in [0.3, 0.4) is 0 Å². The summed E-state index contributed by atoms with van der Waals surface area (Å²) >= 11 is 0. The summed E-state index contributed by atoms with van der Waals surface area (Å²) in [7, 11) is 0. The van der Waals surface area contributed by atoms with Crippen LogP contribution in [0.25, 0.3) is 0 Å².